The molecule has 1 aliphatic carbocycles. The van der Waals surface area contributed by atoms with Crippen molar-refractivity contribution in [1.29, 1.82) is 0 Å². The van der Waals surface area contributed by atoms with Crippen LogP contribution in [0.2, 0.25) is 0 Å². The number of anilines is 1. The predicted octanol–water partition coefficient (Wildman–Crippen LogP) is 5.75. The van der Waals surface area contributed by atoms with E-state index in [1.807, 2.05) is 6.20 Å². The molecule has 5 nitrogen and oxygen atoms in total. The van der Waals surface area contributed by atoms with Crippen LogP contribution in [0.3, 0.4) is 0 Å². The van der Waals surface area contributed by atoms with Crippen molar-refractivity contribution in [2.45, 2.75) is 38.6 Å². The van der Waals surface area contributed by atoms with E-state index in [1.54, 1.807) is 10.6 Å². The molecule has 1 amide bonds. The van der Waals surface area contributed by atoms with Gasteiger partial charge in [-0.1, -0.05) is 43.1 Å². The maximum atomic E-state index is 14.1. The van der Waals surface area contributed by atoms with Crippen molar-refractivity contribution in [2.75, 3.05) is 5.32 Å². The molecule has 3 aromatic rings. The topological polar surface area (TPSA) is 56.1 Å². The second-order valence-corrected chi connectivity index (χ2v) is 8.37. The minimum absolute atomic E-state index is 0.0747. The number of aromatic nitrogens is 2. The van der Waals surface area contributed by atoms with Gasteiger partial charge < -0.3 is 9.30 Å². The van der Waals surface area contributed by atoms with Gasteiger partial charge in [0.1, 0.15) is 11.6 Å². The maximum absolute atomic E-state index is 14.1. The van der Waals surface area contributed by atoms with Crippen molar-refractivity contribution in [1.82, 2.24) is 9.55 Å². The van der Waals surface area contributed by atoms with Crippen LogP contribution >= 0.6 is 11.3 Å². The molecule has 9 heteroatoms. The smallest absolute Gasteiger partial charge is 0.393 e. The fourth-order valence-electron chi connectivity index (χ4n) is 3.77. The number of carbonyl (C=O) groups is 1. The maximum Gasteiger partial charge on any atom is 0.420 e. The highest BCUT2D eigenvalue weighted by molar-refractivity contribution is 7.14. The van der Waals surface area contributed by atoms with Gasteiger partial charge in [-0.05, 0) is 24.0 Å². The van der Waals surface area contributed by atoms with Gasteiger partial charge in [0.15, 0.2) is 10.3 Å². The van der Waals surface area contributed by atoms with Gasteiger partial charge in [0.05, 0.1) is 12.7 Å². The Bertz CT molecular complexity index is 1040. The predicted molar refractivity (Wildman–Crippen MR) is 107 cm³/mol. The van der Waals surface area contributed by atoms with Crippen LogP contribution in [0.4, 0.5) is 23.1 Å². The molecule has 4 rings (SSSR count). The van der Waals surface area contributed by atoms with Gasteiger partial charge in [0, 0.05) is 23.9 Å². The van der Waals surface area contributed by atoms with E-state index in [2.05, 4.69) is 10.3 Å². The number of benzene rings is 1. The highest BCUT2D eigenvalue weighted by Gasteiger charge is 2.19. The van der Waals surface area contributed by atoms with Crippen LogP contribution in [0.25, 0.3) is 0 Å². The first-order valence-electron chi connectivity index (χ1n) is 9.69. The molecule has 1 aliphatic rings. The molecule has 0 atom stereocenters. The monoisotopic (exact) mass is 435 g/mol. The molecule has 1 N–H and O–H groups in total. The largest absolute Gasteiger partial charge is 0.420 e. The standard InChI is InChI=1S/C21H20F3N3O2S/c22-16-6-5-15(17(23)9-16)12-27-11-14(7-13-3-1-2-4-13)8-19(27)29-21(28)26-20-25-10-18(24)30-20/h5-6,8-11,13H,1-4,7,12H2,(H,25,26,28). The van der Waals surface area contributed by atoms with Crippen LogP contribution in [0.1, 0.15) is 36.8 Å². The normalized spacial score (nSPS) is 14.2. The highest BCUT2D eigenvalue weighted by Crippen LogP contribution is 2.30. The summed E-state index contributed by atoms with van der Waals surface area (Å²) in [7, 11) is 0. The second kappa shape index (κ2) is 8.91. The van der Waals surface area contributed by atoms with Crippen LogP contribution < -0.4 is 10.1 Å². The summed E-state index contributed by atoms with van der Waals surface area (Å²) < 4.78 is 47.4. The Morgan fingerprint density at radius 3 is 2.73 bits per heavy atom. The van der Waals surface area contributed by atoms with Crippen LogP contribution in [0.15, 0.2) is 36.7 Å². The van der Waals surface area contributed by atoms with Crippen molar-refractivity contribution >= 4 is 22.6 Å². The molecule has 2 heterocycles. The number of halogens is 3. The Hall–Kier alpha value is -2.81. The number of nitrogens with one attached hydrogen (secondary N) is 1. The third kappa shape index (κ3) is 5.02. The van der Waals surface area contributed by atoms with Gasteiger partial charge >= 0.3 is 6.09 Å². The quantitative estimate of drug-likeness (QED) is 0.536. The Labute approximate surface area is 175 Å². The van der Waals surface area contributed by atoms with Gasteiger partial charge in [-0.25, -0.2) is 18.6 Å². The molecule has 0 spiro atoms. The lowest BCUT2D eigenvalue weighted by molar-refractivity contribution is 0.211. The first kappa shape index (κ1) is 20.5. The van der Waals surface area contributed by atoms with E-state index in [-0.39, 0.29) is 23.1 Å². The number of thiazole rings is 1. The van der Waals surface area contributed by atoms with Crippen LogP contribution in [-0.2, 0) is 13.0 Å². The third-order valence-electron chi connectivity index (χ3n) is 5.15. The minimum atomic E-state index is -0.823. The Morgan fingerprint density at radius 2 is 2.03 bits per heavy atom. The molecular weight excluding hydrogens is 415 g/mol. The summed E-state index contributed by atoms with van der Waals surface area (Å²) in [6.07, 6.45) is 7.58. The number of hydrogen-bond donors (Lipinski definition) is 1. The first-order chi connectivity index (χ1) is 14.5. The third-order valence-corrected chi connectivity index (χ3v) is 5.85. The number of hydrogen-bond acceptors (Lipinski definition) is 4. The number of nitrogens with zero attached hydrogens (tertiary/aromatic N) is 2. The summed E-state index contributed by atoms with van der Waals surface area (Å²) in [5, 5.41) is 1.92. The van der Waals surface area contributed by atoms with E-state index in [9.17, 15) is 18.0 Å². The minimum Gasteiger partial charge on any atom is -0.393 e. The number of amides is 1. The van der Waals surface area contributed by atoms with Gasteiger partial charge in [-0.3, -0.25) is 5.32 Å². The zero-order chi connectivity index (χ0) is 21.1. The van der Waals surface area contributed by atoms with E-state index in [0.29, 0.717) is 17.3 Å². The Morgan fingerprint density at radius 1 is 1.23 bits per heavy atom. The summed E-state index contributed by atoms with van der Waals surface area (Å²) in [6, 6.07) is 5.12. The number of rotatable bonds is 6. The number of carbonyl (C=O) groups excluding carboxylic acids is 1. The highest BCUT2D eigenvalue weighted by atomic mass is 32.1. The van der Waals surface area contributed by atoms with E-state index < -0.39 is 22.9 Å². The van der Waals surface area contributed by atoms with Crippen molar-refractivity contribution in [2.24, 2.45) is 5.92 Å². The van der Waals surface area contributed by atoms with Gasteiger partial charge in [-0.2, -0.15) is 4.39 Å². The van der Waals surface area contributed by atoms with Crippen molar-refractivity contribution in [3.8, 4) is 5.88 Å². The van der Waals surface area contributed by atoms with Crippen LogP contribution in [0.5, 0.6) is 5.88 Å². The molecule has 0 unspecified atom stereocenters. The van der Waals surface area contributed by atoms with E-state index >= 15 is 0 Å². The van der Waals surface area contributed by atoms with Gasteiger partial charge in [0.2, 0.25) is 5.88 Å². The van der Waals surface area contributed by atoms with E-state index in [0.717, 1.165) is 37.1 Å². The molecule has 1 aromatic carbocycles. The zero-order valence-electron chi connectivity index (χ0n) is 16.0. The van der Waals surface area contributed by atoms with Crippen molar-refractivity contribution < 1.29 is 22.7 Å². The summed E-state index contributed by atoms with van der Waals surface area (Å²) in [5.74, 6) is -0.531. The van der Waals surface area contributed by atoms with E-state index in [1.165, 1.54) is 25.0 Å². The molecule has 0 bridgehead atoms. The second-order valence-electron chi connectivity index (χ2n) is 7.39. The summed E-state index contributed by atoms with van der Waals surface area (Å²) in [6.45, 7) is 0.0747. The lowest BCUT2D eigenvalue weighted by Gasteiger charge is -2.10. The van der Waals surface area contributed by atoms with Gasteiger partial charge in [-0.15, -0.1) is 0 Å². The Balaban J connectivity index is 1.54. The summed E-state index contributed by atoms with van der Waals surface area (Å²) in [4.78, 5) is 16.0. The number of ether oxygens (including phenoxy) is 1. The molecule has 1 saturated carbocycles. The van der Waals surface area contributed by atoms with Crippen LogP contribution in [-0.4, -0.2) is 15.6 Å². The molecular formula is C21H20F3N3O2S. The van der Waals surface area contributed by atoms with Crippen molar-refractivity contribution in [3.63, 3.8) is 0 Å². The average molecular weight is 435 g/mol. The fourth-order valence-corrected chi connectivity index (χ4v) is 4.30. The molecule has 1 fully saturated rings. The molecule has 0 aliphatic heterocycles. The van der Waals surface area contributed by atoms with Crippen molar-refractivity contribution in [3.05, 3.63) is 64.6 Å². The molecule has 158 valence electrons. The molecule has 0 saturated heterocycles. The zero-order valence-corrected chi connectivity index (χ0v) is 16.9. The van der Waals surface area contributed by atoms with Gasteiger partial charge in [0.25, 0.3) is 0 Å². The lowest BCUT2D eigenvalue weighted by Crippen LogP contribution is -2.18. The molecule has 0 radical (unpaired) electrons. The van der Waals surface area contributed by atoms with Crippen LogP contribution in [0, 0.1) is 22.7 Å². The fraction of sp³-hybridized carbons (Fsp3) is 0.333. The summed E-state index contributed by atoms with van der Waals surface area (Å²) in [5.41, 5.74) is 1.25. The molecule has 30 heavy (non-hydrogen) atoms. The summed E-state index contributed by atoms with van der Waals surface area (Å²) >= 11 is 0.682. The average Bonchev–Trinajstić information content (AvgIpc) is 3.41. The molecule has 2 aromatic heterocycles. The van der Waals surface area contributed by atoms with E-state index in [4.69, 9.17) is 4.74 Å². The Kier molecular flexibility index (Phi) is 6.08. The SMILES string of the molecule is O=C(Nc1ncc(F)s1)Oc1cc(CC2CCCC2)cn1Cc1ccc(F)cc1F. The lowest BCUT2D eigenvalue weighted by atomic mass is 10.0. The first-order valence-corrected chi connectivity index (χ1v) is 10.5.